The largest absolute Gasteiger partial charge is 0.467 e. The zero-order valence-corrected chi connectivity index (χ0v) is 20.9. The summed E-state index contributed by atoms with van der Waals surface area (Å²) in [5.41, 5.74) is 3.18. The number of rotatable bonds is 7. The van der Waals surface area contributed by atoms with E-state index in [1.165, 1.54) is 0 Å². The molecule has 0 radical (unpaired) electrons. The van der Waals surface area contributed by atoms with Gasteiger partial charge in [-0.1, -0.05) is 60.1 Å². The molecule has 1 aliphatic rings. The highest BCUT2D eigenvalue weighted by Gasteiger charge is 2.28. The van der Waals surface area contributed by atoms with Gasteiger partial charge in [-0.3, -0.25) is 0 Å². The van der Waals surface area contributed by atoms with Gasteiger partial charge in [0.1, 0.15) is 11.5 Å². The molecular formula is C28H29ClN4O3. The third-order valence-corrected chi connectivity index (χ3v) is 6.76. The molecule has 1 saturated heterocycles. The number of carbonyl (C=O) groups excluding carboxylic acids is 1. The fourth-order valence-corrected chi connectivity index (χ4v) is 4.67. The first-order chi connectivity index (χ1) is 17.6. The van der Waals surface area contributed by atoms with Crippen LogP contribution in [0.15, 0.2) is 81.9 Å². The molecule has 5 rings (SSSR count). The van der Waals surface area contributed by atoms with Crippen LogP contribution >= 0.6 is 11.6 Å². The van der Waals surface area contributed by atoms with E-state index in [1.54, 1.807) is 29.4 Å². The number of hydrogen-bond acceptors (Lipinski definition) is 5. The number of carbonyl (C=O) groups is 1. The van der Waals surface area contributed by atoms with Gasteiger partial charge >= 0.3 is 6.03 Å². The van der Waals surface area contributed by atoms with Gasteiger partial charge in [-0.05, 0) is 49.1 Å². The lowest BCUT2D eigenvalue weighted by atomic mass is 9.98. The summed E-state index contributed by atoms with van der Waals surface area (Å²) in [5, 5.41) is 7.99. The van der Waals surface area contributed by atoms with E-state index in [4.69, 9.17) is 20.5 Å². The number of piperidine rings is 1. The molecule has 2 amide bonds. The van der Waals surface area contributed by atoms with E-state index in [-0.39, 0.29) is 12.6 Å². The first-order valence-corrected chi connectivity index (χ1v) is 12.6. The molecule has 1 aliphatic heterocycles. The van der Waals surface area contributed by atoms with Gasteiger partial charge < -0.3 is 24.1 Å². The van der Waals surface area contributed by atoms with E-state index >= 15 is 0 Å². The lowest BCUT2D eigenvalue weighted by molar-refractivity contribution is 0.201. The topological polar surface area (TPSA) is 74.8 Å². The quantitative estimate of drug-likeness (QED) is 0.291. The van der Waals surface area contributed by atoms with Crippen LogP contribution in [0.4, 0.5) is 16.4 Å². The summed E-state index contributed by atoms with van der Waals surface area (Å²) < 4.78 is 11.5. The van der Waals surface area contributed by atoms with Crippen LogP contribution in [-0.4, -0.2) is 29.2 Å². The van der Waals surface area contributed by atoms with Gasteiger partial charge in [0.25, 0.3) is 0 Å². The van der Waals surface area contributed by atoms with E-state index in [2.05, 4.69) is 22.3 Å². The summed E-state index contributed by atoms with van der Waals surface area (Å²) in [6.45, 7) is 4.64. The smallest absolute Gasteiger partial charge is 0.322 e. The van der Waals surface area contributed by atoms with Gasteiger partial charge in [0, 0.05) is 29.4 Å². The summed E-state index contributed by atoms with van der Waals surface area (Å²) in [4.78, 5) is 17.5. The molecule has 3 heterocycles. The van der Waals surface area contributed by atoms with Gasteiger partial charge in [0.2, 0.25) is 5.88 Å². The van der Waals surface area contributed by atoms with Crippen molar-refractivity contribution in [1.82, 2.24) is 10.1 Å². The molecule has 2 aromatic carbocycles. The maximum absolute atomic E-state index is 13.5. The van der Waals surface area contributed by atoms with E-state index < -0.39 is 0 Å². The SMILES string of the molecule is CC1CCN(c2onc(-c3ccccc3)c2CN(Cc2ccco2)C(=O)Nc2cccc(Cl)c2)CC1. The number of halogens is 1. The molecule has 1 fully saturated rings. The minimum absolute atomic E-state index is 0.271. The Balaban J connectivity index is 1.49. The number of aromatic nitrogens is 1. The second-order valence-electron chi connectivity index (χ2n) is 9.23. The Morgan fingerprint density at radius 1 is 1.08 bits per heavy atom. The molecule has 8 heteroatoms. The van der Waals surface area contributed by atoms with Crippen LogP contribution in [0.5, 0.6) is 0 Å². The maximum atomic E-state index is 13.5. The number of nitrogens with zero attached hydrogens (tertiary/aromatic N) is 3. The number of nitrogens with one attached hydrogen (secondary N) is 1. The summed E-state index contributed by atoms with van der Waals surface area (Å²) in [6.07, 6.45) is 3.79. The number of urea groups is 1. The predicted octanol–water partition coefficient (Wildman–Crippen LogP) is 7.06. The fourth-order valence-electron chi connectivity index (χ4n) is 4.48. The molecule has 0 spiro atoms. The molecule has 0 aliphatic carbocycles. The third kappa shape index (κ3) is 5.57. The second kappa shape index (κ2) is 10.9. The number of amides is 2. The van der Waals surface area contributed by atoms with Crippen LogP contribution in [0.25, 0.3) is 11.3 Å². The Bertz CT molecular complexity index is 1280. The van der Waals surface area contributed by atoms with Crippen LogP contribution in [0.1, 0.15) is 31.1 Å². The van der Waals surface area contributed by atoms with Crippen molar-refractivity contribution in [2.24, 2.45) is 5.92 Å². The lowest BCUT2D eigenvalue weighted by Crippen LogP contribution is -2.36. The van der Waals surface area contributed by atoms with Crippen molar-refractivity contribution < 1.29 is 13.7 Å². The monoisotopic (exact) mass is 504 g/mol. The van der Waals surface area contributed by atoms with Crippen LogP contribution in [0.2, 0.25) is 5.02 Å². The lowest BCUT2D eigenvalue weighted by Gasteiger charge is -2.31. The van der Waals surface area contributed by atoms with Crippen molar-refractivity contribution in [3.63, 3.8) is 0 Å². The van der Waals surface area contributed by atoms with Crippen molar-refractivity contribution in [2.75, 3.05) is 23.3 Å². The van der Waals surface area contributed by atoms with Crippen LogP contribution in [0.3, 0.4) is 0 Å². The normalized spacial score (nSPS) is 14.1. The first-order valence-electron chi connectivity index (χ1n) is 12.2. The van der Waals surface area contributed by atoms with Crippen LogP contribution < -0.4 is 10.2 Å². The molecule has 0 unspecified atom stereocenters. The van der Waals surface area contributed by atoms with Crippen molar-refractivity contribution in [3.8, 4) is 11.3 Å². The average molecular weight is 505 g/mol. The van der Waals surface area contributed by atoms with E-state index in [1.807, 2.05) is 48.5 Å². The summed E-state index contributed by atoms with van der Waals surface area (Å²) in [7, 11) is 0. The van der Waals surface area contributed by atoms with Gasteiger partial charge in [0.05, 0.1) is 24.9 Å². The molecule has 36 heavy (non-hydrogen) atoms. The van der Waals surface area contributed by atoms with Gasteiger partial charge in [-0.25, -0.2) is 4.79 Å². The molecule has 7 nitrogen and oxygen atoms in total. The predicted molar refractivity (Wildman–Crippen MR) is 141 cm³/mol. The molecule has 0 atom stereocenters. The number of furan rings is 1. The fraction of sp³-hybridized carbons (Fsp3) is 0.286. The Morgan fingerprint density at radius 3 is 2.61 bits per heavy atom. The maximum Gasteiger partial charge on any atom is 0.322 e. The number of hydrogen-bond donors (Lipinski definition) is 1. The molecule has 186 valence electrons. The summed E-state index contributed by atoms with van der Waals surface area (Å²) in [6, 6.07) is 20.4. The summed E-state index contributed by atoms with van der Waals surface area (Å²) in [5.74, 6) is 2.09. The van der Waals surface area contributed by atoms with Crippen molar-refractivity contribution in [3.05, 3.63) is 89.3 Å². The number of benzene rings is 2. The molecule has 2 aromatic heterocycles. The van der Waals surface area contributed by atoms with Gasteiger partial charge in [0.15, 0.2) is 0 Å². The average Bonchev–Trinajstić information content (AvgIpc) is 3.55. The van der Waals surface area contributed by atoms with Crippen LogP contribution in [0, 0.1) is 5.92 Å². The highest BCUT2D eigenvalue weighted by Crippen LogP contribution is 2.35. The van der Waals surface area contributed by atoms with E-state index in [9.17, 15) is 4.79 Å². The second-order valence-corrected chi connectivity index (χ2v) is 9.66. The highest BCUT2D eigenvalue weighted by atomic mass is 35.5. The Kier molecular flexibility index (Phi) is 7.28. The molecule has 1 N–H and O–H groups in total. The standard InChI is InChI=1S/C28H29ClN4O3/c1-20-12-14-32(15-13-20)27-25(26(31-36-27)21-7-3-2-4-8-21)19-33(18-24-11-6-16-35-24)28(34)30-23-10-5-9-22(29)17-23/h2-11,16-17,20H,12-15,18-19H2,1H3,(H,30,34). The Hall–Kier alpha value is -3.71. The van der Waals surface area contributed by atoms with E-state index in [0.29, 0.717) is 28.9 Å². The zero-order valence-electron chi connectivity index (χ0n) is 20.2. The van der Waals surface area contributed by atoms with E-state index in [0.717, 1.165) is 48.6 Å². The first kappa shape index (κ1) is 24.0. The Morgan fingerprint density at radius 2 is 1.89 bits per heavy atom. The summed E-state index contributed by atoms with van der Waals surface area (Å²) >= 11 is 6.14. The Labute approximate surface area is 215 Å². The highest BCUT2D eigenvalue weighted by molar-refractivity contribution is 6.30. The van der Waals surface area contributed by atoms with Crippen LogP contribution in [-0.2, 0) is 13.1 Å². The minimum atomic E-state index is -0.271. The van der Waals surface area contributed by atoms with Gasteiger partial charge in [-0.2, -0.15) is 0 Å². The van der Waals surface area contributed by atoms with Gasteiger partial charge in [-0.15, -0.1) is 0 Å². The van der Waals surface area contributed by atoms with Crippen molar-refractivity contribution in [2.45, 2.75) is 32.9 Å². The third-order valence-electron chi connectivity index (χ3n) is 6.52. The molecule has 0 saturated carbocycles. The zero-order chi connectivity index (χ0) is 24.9. The van der Waals surface area contributed by atoms with Crippen molar-refractivity contribution in [1.29, 1.82) is 0 Å². The molecule has 0 bridgehead atoms. The minimum Gasteiger partial charge on any atom is -0.467 e. The molecular weight excluding hydrogens is 476 g/mol. The number of anilines is 2. The van der Waals surface area contributed by atoms with Crippen molar-refractivity contribution >= 4 is 29.2 Å². The molecule has 4 aromatic rings.